The Morgan fingerprint density at radius 1 is 1.20 bits per heavy atom. The van der Waals surface area contributed by atoms with Crippen molar-refractivity contribution in [3.63, 3.8) is 0 Å². The first-order valence-corrected chi connectivity index (χ1v) is 8.81. The summed E-state index contributed by atoms with van der Waals surface area (Å²) in [5, 5.41) is 21.0. The number of likely N-dealkylation sites (tertiary alicyclic amines) is 1. The predicted octanol–water partition coefficient (Wildman–Crippen LogP) is 3.25. The number of carbonyl (C=O) groups excluding carboxylic acids is 1. The lowest BCUT2D eigenvalue weighted by Gasteiger charge is -2.56. The Morgan fingerprint density at radius 3 is 2.64 bits per heavy atom. The molecule has 4 rings (SSSR count). The molecule has 4 atom stereocenters. The van der Waals surface area contributed by atoms with Gasteiger partial charge in [-0.3, -0.25) is 4.79 Å². The van der Waals surface area contributed by atoms with E-state index >= 15 is 0 Å². The number of nitrogens with zero attached hydrogens (tertiary/aromatic N) is 1. The molecule has 2 bridgehead atoms. The fourth-order valence-electron chi connectivity index (χ4n) is 4.66. The van der Waals surface area contributed by atoms with E-state index < -0.39 is 6.10 Å². The Kier molecular flexibility index (Phi) is 3.62. The molecule has 2 aromatic rings. The highest BCUT2D eigenvalue weighted by Crippen LogP contribution is 2.53. The van der Waals surface area contributed by atoms with E-state index in [0.29, 0.717) is 12.1 Å². The standard InChI is InChI=1S/C21H23NO3/c1-13-18-19(24)16-9-8-15(23)12-17(16)21(13,2)10-11-22(18)20(25)14-6-4-3-5-7-14/h3-9,12-13,18-19,23-24H,10-11H2,1-2H3/t13-,18?,19-,21+/m0/s1. The first-order valence-electron chi connectivity index (χ1n) is 8.81. The van der Waals surface area contributed by atoms with Crippen LogP contribution < -0.4 is 0 Å². The SMILES string of the molecule is C[C@H]1C2[C@@H](O)c3ccc(O)cc3[C@]1(C)CCN2C(=O)c1ccccc1. The van der Waals surface area contributed by atoms with Gasteiger partial charge in [0.25, 0.3) is 5.91 Å². The van der Waals surface area contributed by atoms with Gasteiger partial charge in [0.15, 0.2) is 0 Å². The van der Waals surface area contributed by atoms with Crippen LogP contribution in [0.4, 0.5) is 0 Å². The first-order chi connectivity index (χ1) is 11.9. The van der Waals surface area contributed by atoms with Crippen LogP contribution in [0.1, 0.15) is 47.9 Å². The summed E-state index contributed by atoms with van der Waals surface area (Å²) in [6.45, 7) is 4.88. The van der Waals surface area contributed by atoms with Gasteiger partial charge >= 0.3 is 0 Å². The summed E-state index contributed by atoms with van der Waals surface area (Å²) in [5.41, 5.74) is 2.33. The Hall–Kier alpha value is -2.33. The van der Waals surface area contributed by atoms with Gasteiger partial charge in [0.1, 0.15) is 5.75 Å². The minimum atomic E-state index is -0.744. The minimum absolute atomic E-state index is 0.0271. The fraction of sp³-hybridized carbons (Fsp3) is 0.381. The molecule has 25 heavy (non-hydrogen) atoms. The van der Waals surface area contributed by atoms with Crippen molar-refractivity contribution in [2.45, 2.75) is 37.8 Å². The molecule has 1 aliphatic carbocycles. The van der Waals surface area contributed by atoms with Gasteiger partial charge in [0.2, 0.25) is 0 Å². The van der Waals surface area contributed by atoms with Crippen LogP contribution in [-0.2, 0) is 5.41 Å². The van der Waals surface area contributed by atoms with Crippen molar-refractivity contribution in [1.29, 1.82) is 0 Å². The number of fused-ring (bicyclic) bond motifs is 4. The molecular weight excluding hydrogens is 314 g/mol. The number of aliphatic hydroxyl groups is 1. The van der Waals surface area contributed by atoms with E-state index in [0.717, 1.165) is 17.5 Å². The zero-order valence-corrected chi connectivity index (χ0v) is 14.5. The highest BCUT2D eigenvalue weighted by Gasteiger charge is 2.53. The largest absolute Gasteiger partial charge is 0.508 e. The first kappa shape index (κ1) is 16.2. The normalized spacial score (nSPS) is 30.7. The zero-order valence-electron chi connectivity index (χ0n) is 14.5. The van der Waals surface area contributed by atoms with Crippen LogP contribution in [0.15, 0.2) is 48.5 Å². The maximum Gasteiger partial charge on any atom is 0.254 e. The number of hydrogen-bond acceptors (Lipinski definition) is 3. The minimum Gasteiger partial charge on any atom is -0.508 e. The summed E-state index contributed by atoms with van der Waals surface area (Å²) in [6.07, 6.45) is 0.0681. The molecule has 1 saturated heterocycles. The van der Waals surface area contributed by atoms with Gasteiger partial charge in [-0.05, 0) is 53.1 Å². The molecular formula is C21H23NO3. The second-order valence-corrected chi connectivity index (χ2v) is 7.53. The van der Waals surface area contributed by atoms with Crippen molar-refractivity contribution in [2.75, 3.05) is 6.54 Å². The lowest BCUT2D eigenvalue weighted by Crippen LogP contribution is -2.61. The fourth-order valence-corrected chi connectivity index (χ4v) is 4.66. The highest BCUT2D eigenvalue weighted by atomic mass is 16.3. The lowest BCUT2D eigenvalue weighted by atomic mass is 9.58. The third-order valence-corrected chi connectivity index (χ3v) is 6.33. The topological polar surface area (TPSA) is 60.8 Å². The number of amides is 1. The molecule has 130 valence electrons. The zero-order chi connectivity index (χ0) is 17.8. The summed E-state index contributed by atoms with van der Waals surface area (Å²) >= 11 is 0. The molecule has 2 aromatic carbocycles. The van der Waals surface area contributed by atoms with Gasteiger partial charge < -0.3 is 15.1 Å². The third-order valence-electron chi connectivity index (χ3n) is 6.33. The number of benzene rings is 2. The molecule has 2 aliphatic rings. The van der Waals surface area contributed by atoms with E-state index in [-0.39, 0.29) is 29.0 Å². The molecule has 1 unspecified atom stereocenters. The molecule has 0 saturated carbocycles. The van der Waals surface area contributed by atoms with Crippen molar-refractivity contribution in [3.05, 3.63) is 65.2 Å². The number of aromatic hydroxyl groups is 1. The van der Waals surface area contributed by atoms with Crippen molar-refractivity contribution in [1.82, 2.24) is 4.90 Å². The molecule has 1 amide bonds. The van der Waals surface area contributed by atoms with Crippen LogP contribution >= 0.6 is 0 Å². The molecule has 0 radical (unpaired) electrons. The van der Waals surface area contributed by atoms with E-state index in [4.69, 9.17) is 0 Å². The summed E-state index contributed by atoms with van der Waals surface area (Å²) < 4.78 is 0. The van der Waals surface area contributed by atoms with E-state index in [1.807, 2.05) is 35.2 Å². The third kappa shape index (κ3) is 2.28. The van der Waals surface area contributed by atoms with Gasteiger partial charge in [-0.15, -0.1) is 0 Å². The molecule has 4 heteroatoms. The number of carbonyl (C=O) groups is 1. The van der Waals surface area contributed by atoms with Crippen molar-refractivity contribution < 1.29 is 15.0 Å². The summed E-state index contributed by atoms with van der Waals surface area (Å²) in [5.74, 6) is 0.291. The molecule has 2 N–H and O–H groups in total. The van der Waals surface area contributed by atoms with E-state index in [2.05, 4.69) is 13.8 Å². The molecule has 0 aromatic heterocycles. The van der Waals surface area contributed by atoms with Crippen LogP contribution in [0, 0.1) is 5.92 Å². The number of phenols is 1. The molecule has 1 aliphatic heterocycles. The second-order valence-electron chi connectivity index (χ2n) is 7.53. The van der Waals surface area contributed by atoms with Gasteiger partial charge in [0.05, 0.1) is 12.1 Å². The molecule has 1 heterocycles. The van der Waals surface area contributed by atoms with E-state index in [1.165, 1.54) is 0 Å². The number of aliphatic hydroxyl groups excluding tert-OH is 1. The van der Waals surface area contributed by atoms with Crippen LogP contribution in [0.25, 0.3) is 0 Å². The van der Waals surface area contributed by atoms with Gasteiger partial charge in [-0.2, -0.15) is 0 Å². The number of phenolic OH excluding ortho intramolecular Hbond substituents is 1. The lowest BCUT2D eigenvalue weighted by molar-refractivity contribution is -0.0397. The Bertz CT molecular complexity index is 819. The highest BCUT2D eigenvalue weighted by molar-refractivity contribution is 5.94. The molecule has 4 nitrogen and oxygen atoms in total. The maximum atomic E-state index is 13.0. The van der Waals surface area contributed by atoms with Crippen LogP contribution in [-0.4, -0.2) is 33.6 Å². The monoisotopic (exact) mass is 337 g/mol. The Labute approximate surface area is 147 Å². The van der Waals surface area contributed by atoms with Crippen LogP contribution in [0.3, 0.4) is 0 Å². The van der Waals surface area contributed by atoms with Gasteiger partial charge in [0, 0.05) is 12.1 Å². The average molecular weight is 337 g/mol. The van der Waals surface area contributed by atoms with Gasteiger partial charge in [-0.25, -0.2) is 0 Å². The summed E-state index contributed by atoms with van der Waals surface area (Å²) in [7, 11) is 0. The second kappa shape index (κ2) is 5.60. The summed E-state index contributed by atoms with van der Waals surface area (Å²) in [4.78, 5) is 14.9. The van der Waals surface area contributed by atoms with Crippen molar-refractivity contribution in [2.24, 2.45) is 5.92 Å². The number of hydrogen-bond donors (Lipinski definition) is 2. The summed E-state index contributed by atoms with van der Waals surface area (Å²) in [6, 6.07) is 14.2. The molecule has 0 spiro atoms. The van der Waals surface area contributed by atoms with Crippen molar-refractivity contribution >= 4 is 5.91 Å². The van der Waals surface area contributed by atoms with E-state index in [1.54, 1.807) is 18.2 Å². The Balaban J connectivity index is 1.78. The van der Waals surface area contributed by atoms with Crippen molar-refractivity contribution in [3.8, 4) is 5.75 Å². The Morgan fingerprint density at radius 2 is 1.92 bits per heavy atom. The smallest absolute Gasteiger partial charge is 0.254 e. The predicted molar refractivity (Wildman–Crippen MR) is 95.5 cm³/mol. The molecule has 1 fully saturated rings. The van der Waals surface area contributed by atoms with Gasteiger partial charge in [-0.1, -0.05) is 38.1 Å². The van der Waals surface area contributed by atoms with Crippen LogP contribution in [0.2, 0.25) is 0 Å². The number of piperidine rings is 1. The van der Waals surface area contributed by atoms with E-state index in [9.17, 15) is 15.0 Å². The average Bonchev–Trinajstić information content (AvgIpc) is 2.62. The quantitative estimate of drug-likeness (QED) is 0.840. The van der Waals surface area contributed by atoms with Crippen LogP contribution in [0.5, 0.6) is 5.75 Å². The number of rotatable bonds is 1. The maximum absolute atomic E-state index is 13.0.